The van der Waals surface area contributed by atoms with Crippen LogP contribution >= 0.6 is 22.7 Å². The highest BCUT2D eigenvalue weighted by molar-refractivity contribution is 7.19. The van der Waals surface area contributed by atoms with Gasteiger partial charge >= 0.3 is 10.9 Å². The SMILES string of the molecule is N#CC1CCN(C(=O)NC2CCc3c(sc4ncnc(Nc5ccc6[nH]c(=O)sc6c5)c34)C2)CC1. The van der Waals surface area contributed by atoms with E-state index in [1.165, 1.54) is 21.8 Å². The Labute approximate surface area is 208 Å². The molecule has 4 heterocycles. The Kier molecular flexibility index (Phi) is 5.62. The van der Waals surface area contributed by atoms with E-state index in [0.29, 0.717) is 13.1 Å². The first kappa shape index (κ1) is 22.0. The number of thiophene rings is 1. The van der Waals surface area contributed by atoms with Crippen LogP contribution in [0, 0.1) is 17.2 Å². The van der Waals surface area contributed by atoms with Crippen molar-refractivity contribution in [2.45, 2.75) is 38.1 Å². The van der Waals surface area contributed by atoms with Gasteiger partial charge in [0.15, 0.2) is 0 Å². The van der Waals surface area contributed by atoms with Crippen molar-refractivity contribution in [3.63, 3.8) is 0 Å². The summed E-state index contributed by atoms with van der Waals surface area (Å²) in [6.07, 6.45) is 5.55. The largest absolute Gasteiger partial charge is 0.340 e. The van der Waals surface area contributed by atoms with Gasteiger partial charge in [-0.1, -0.05) is 11.3 Å². The molecule has 1 aliphatic heterocycles. The van der Waals surface area contributed by atoms with E-state index in [4.69, 9.17) is 5.26 Å². The Hall–Kier alpha value is -3.49. The van der Waals surface area contributed by atoms with Crippen LogP contribution in [0.25, 0.3) is 20.4 Å². The molecule has 3 aromatic heterocycles. The highest BCUT2D eigenvalue weighted by Gasteiger charge is 2.29. The van der Waals surface area contributed by atoms with E-state index in [1.807, 2.05) is 23.1 Å². The molecule has 2 aliphatic rings. The fourth-order valence-electron chi connectivity index (χ4n) is 4.97. The molecule has 1 aliphatic carbocycles. The van der Waals surface area contributed by atoms with Crippen LogP contribution in [0.4, 0.5) is 16.3 Å². The van der Waals surface area contributed by atoms with Gasteiger partial charge in [0.1, 0.15) is 17.0 Å². The van der Waals surface area contributed by atoms with Crippen LogP contribution in [0.15, 0.2) is 29.3 Å². The Morgan fingerprint density at radius 3 is 2.89 bits per heavy atom. The average Bonchev–Trinajstić information content (AvgIpc) is 3.43. The summed E-state index contributed by atoms with van der Waals surface area (Å²) in [5, 5.41) is 16.8. The number of amides is 2. The molecule has 11 heteroatoms. The third-order valence-electron chi connectivity index (χ3n) is 6.82. The van der Waals surface area contributed by atoms with E-state index < -0.39 is 0 Å². The second-order valence-corrected chi connectivity index (χ2v) is 11.1. The van der Waals surface area contributed by atoms with Gasteiger partial charge in [-0.15, -0.1) is 11.3 Å². The van der Waals surface area contributed by atoms with Gasteiger partial charge in [0.25, 0.3) is 0 Å². The number of benzene rings is 1. The number of piperidine rings is 1. The van der Waals surface area contributed by atoms with E-state index in [0.717, 1.165) is 64.0 Å². The number of fused-ring (bicyclic) bond motifs is 4. The number of nitrogens with one attached hydrogen (secondary N) is 3. The van der Waals surface area contributed by atoms with Crippen LogP contribution in [-0.4, -0.2) is 45.0 Å². The number of nitrogens with zero attached hydrogens (tertiary/aromatic N) is 4. The zero-order chi connectivity index (χ0) is 23.9. The number of aromatic amines is 1. The minimum absolute atomic E-state index is 0.0273. The van der Waals surface area contributed by atoms with Crippen LogP contribution in [0.3, 0.4) is 0 Å². The highest BCUT2D eigenvalue weighted by atomic mass is 32.1. The lowest BCUT2D eigenvalue weighted by atomic mass is 9.93. The predicted octanol–water partition coefficient (Wildman–Crippen LogP) is 4.14. The zero-order valence-corrected chi connectivity index (χ0v) is 20.5. The molecule has 178 valence electrons. The summed E-state index contributed by atoms with van der Waals surface area (Å²) < 4.78 is 0.896. The molecular weight excluding hydrogens is 482 g/mol. The topological polar surface area (TPSA) is 127 Å². The quantitative estimate of drug-likeness (QED) is 0.384. The molecule has 1 atom stereocenters. The third-order valence-corrected chi connectivity index (χ3v) is 8.83. The predicted molar refractivity (Wildman–Crippen MR) is 137 cm³/mol. The molecule has 1 aromatic carbocycles. The Morgan fingerprint density at radius 1 is 1.20 bits per heavy atom. The molecule has 1 fully saturated rings. The van der Waals surface area contributed by atoms with Gasteiger partial charge in [-0.2, -0.15) is 5.26 Å². The number of hydrogen-bond donors (Lipinski definition) is 3. The number of carbonyl (C=O) groups excluding carboxylic acids is 1. The van der Waals surface area contributed by atoms with Crippen molar-refractivity contribution in [1.82, 2.24) is 25.2 Å². The fourth-order valence-corrected chi connectivity index (χ4v) is 7.01. The molecule has 0 bridgehead atoms. The molecule has 0 saturated carbocycles. The molecule has 0 radical (unpaired) electrons. The van der Waals surface area contributed by atoms with Crippen molar-refractivity contribution in [2.24, 2.45) is 5.92 Å². The summed E-state index contributed by atoms with van der Waals surface area (Å²) in [5.41, 5.74) is 2.95. The van der Waals surface area contributed by atoms with Crippen molar-refractivity contribution in [1.29, 1.82) is 5.26 Å². The molecule has 9 nitrogen and oxygen atoms in total. The summed E-state index contributed by atoms with van der Waals surface area (Å²) in [6.45, 7) is 1.28. The number of anilines is 2. The number of thiazole rings is 1. The molecule has 1 unspecified atom stereocenters. The number of aromatic nitrogens is 3. The fraction of sp³-hybridized carbons (Fsp3) is 0.375. The maximum atomic E-state index is 12.8. The molecule has 0 spiro atoms. The highest BCUT2D eigenvalue weighted by Crippen LogP contribution is 2.39. The first-order valence-electron chi connectivity index (χ1n) is 11.7. The summed E-state index contributed by atoms with van der Waals surface area (Å²) in [4.78, 5) is 40.2. The van der Waals surface area contributed by atoms with Crippen LogP contribution in [0.5, 0.6) is 0 Å². The summed E-state index contributed by atoms with van der Waals surface area (Å²) in [7, 11) is 0. The number of H-pyrrole nitrogens is 1. The maximum absolute atomic E-state index is 12.8. The lowest BCUT2D eigenvalue weighted by molar-refractivity contribution is 0.174. The summed E-state index contributed by atoms with van der Waals surface area (Å²) >= 11 is 2.85. The van der Waals surface area contributed by atoms with E-state index in [2.05, 4.69) is 31.7 Å². The zero-order valence-electron chi connectivity index (χ0n) is 18.8. The van der Waals surface area contributed by atoms with Gasteiger partial charge in [-0.25, -0.2) is 14.8 Å². The van der Waals surface area contributed by atoms with Crippen molar-refractivity contribution in [3.8, 4) is 6.07 Å². The lowest BCUT2D eigenvalue weighted by Crippen LogP contribution is -2.49. The van der Waals surface area contributed by atoms with E-state index in [-0.39, 0.29) is 22.9 Å². The number of rotatable bonds is 3. The number of carbonyl (C=O) groups is 1. The van der Waals surface area contributed by atoms with Gasteiger partial charge in [-0.3, -0.25) is 4.79 Å². The number of nitriles is 1. The first-order chi connectivity index (χ1) is 17.1. The second kappa shape index (κ2) is 8.94. The minimum atomic E-state index is -0.0678. The van der Waals surface area contributed by atoms with Crippen LogP contribution in [0.1, 0.15) is 29.7 Å². The molecule has 4 aromatic rings. The molecule has 3 N–H and O–H groups in total. The van der Waals surface area contributed by atoms with Crippen molar-refractivity contribution in [2.75, 3.05) is 18.4 Å². The second-order valence-electron chi connectivity index (χ2n) is 9.04. The van der Waals surface area contributed by atoms with Crippen LogP contribution < -0.4 is 15.5 Å². The smallest absolute Gasteiger partial charge is 0.317 e. The minimum Gasteiger partial charge on any atom is -0.340 e. The third kappa shape index (κ3) is 4.24. The van der Waals surface area contributed by atoms with Crippen LogP contribution in [-0.2, 0) is 12.8 Å². The van der Waals surface area contributed by atoms with Gasteiger partial charge in [0, 0.05) is 42.0 Å². The molecule has 1 saturated heterocycles. The maximum Gasteiger partial charge on any atom is 0.317 e. The number of urea groups is 1. The van der Waals surface area contributed by atoms with Crippen molar-refractivity contribution < 1.29 is 4.79 Å². The van der Waals surface area contributed by atoms with E-state index in [9.17, 15) is 9.59 Å². The van der Waals surface area contributed by atoms with Gasteiger partial charge in [0.05, 0.1) is 21.7 Å². The van der Waals surface area contributed by atoms with Gasteiger partial charge < -0.3 is 20.5 Å². The Morgan fingerprint density at radius 2 is 2.06 bits per heavy atom. The van der Waals surface area contributed by atoms with Gasteiger partial charge in [-0.05, 0) is 49.4 Å². The average molecular weight is 506 g/mol. The molecular formula is C24H23N7O2S2. The first-order valence-corrected chi connectivity index (χ1v) is 13.3. The van der Waals surface area contributed by atoms with Crippen molar-refractivity contribution in [3.05, 3.63) is 44.6 Å². The number of aryl methyl sites for hydroxylation is 1. The molecule has 2 amide bonds. The summed E-state index contributed by atoms with van der Waals surface area (Å²) in [5.74, 6) is 0.825. The molecule has 35 heavy (non-hydrogen) atoms. The number of likely N-dealkylation sites (tertiary alicyclic amines) is 1. The van der Waals surface area contributed by atoms with Crippen molar-refractivity contribution >= 4 is 60.6 Å². The van der Waals surface area contributed by atoms with E-state index in [1.54, 1.807) is 17.7 Å². The van der Waals surface area contributed by atoms with Crippen LogP contribution in [0.2, 0.25) is 0 Å². The Balaban J connectivity index is 1.20. The number of hydrogen-bond acceptors (Lipinski definition) is 8. The van der Waals surface area contributed by atoms with E-state index >= 15 is 0 Å². The normalized spacial score (nSPS) is 18.4. The molecule has 6 rings (SSSR count). The Bertz CT molecular complexity index is 1520. The summed E-state index contributed by atoms with van der Waals surface area (Å²) in [6, 6.07) is 8.15. The van der Waals surface area contributed by atoms with Gasteiger partial charge in [0.2, 0.25) is 0 Å². The monoisotopic (exact) mass is 505 g/mol. The standard InChI is InChI=1S/C24H23N7O2S2/c25-11-13-5-7-31(8-6-13)23(32)29-15-1-3-16-18(9-15)34-22-20(16)21(26-12-27-22)28-14-2-4-17-19(10-14)35-24(33)30-17/h2,4,10,12-13,15H,1,3,5-9H2,(H,29,32)(H,30,33)(H,26,27,28). The lowest BCUT2D eigenvalue weighted by Gasteiger charge is -2.32.